The molecule has 2 aromatic carbocycles. The Labute approximate surface area is 120 Å². The van der Waals surface area contributed by atoms with Gasteiger partial charge in [-0.15, -0.1) is 0 Å². The number of para-hydroxylation sites is 1. The molecule has 0 unspecified atom stereocenters. The van der Waals surface area contributed by atoms with E-state index in [1.807, 2.05) is 24.3 Å². The molecular weight excluding hydrogens is 268 g/mol. The summed E-state index contributed by atoms with van der Waals surface area (Å²) in [6.45, 7) is 0. The van der Waals surface area contributed by atoms with Crippen LogP contribution in [-0.4, -0.2) is 17.0 Å². The van der Waals surface area contributed by atoms with E-state index in [0.29, 0.717) is 11.3 Å². The summed E-state index contributed by atoms with van der Waals surface area (Å²) in [5.74, 6) is -1.13. The van der Waals surface area contributed by atoms with Gasteiger partial charge in [-0.05, 0) is 30.3 Å². The molecule has 1 aliphatic heterocycles. The monoisotopic (exact) mass is 280 g/mol. The Morgan fingerprint density at radius 2 is 1.81 bits per heavy atom. The molecule has 5 heteroatoms. The number of benzene rings is 2. The van der Waals surface area contributed by atoms with Crippen molar-refractivity contribution in [3.05, 3.63) is 65.9 Å². The van der Waals surface area contributed by atoms with E-state index in [1.54, 1.807) is 18.3 Å². The third kappa shape index (κ3) is 2.49. The fourth-order valence-electron chi connectivity index (χ4n) is 2.15. The number of anilines is 2. The maximum absolute atomic E-state index is 11.9. The highest BCUT2D eigenvalue weighted by molar-refractivity contribution is 6.31. The van der Waals surface area contributed by atoms with Crippen LogP contribution in [0.15, 0.2) is 54.7 Å². The molecule has 5 nitrogen and oxygen atoms in total. The van der Waals surface area contributed by atoms with Crippen molar-refractivity contribution in [1.29, 1.82) is 0 Å². The molecule has 1 heterocycles. The zero-order chi connectivity index (χ0) is 14.8. The number of carbonyl (C=O) groups is 2. The molecule has 0 fully saturated rings. The largest absolute Gasteiger partial charge is 0.478 e. The van der Waals surface area contributed by atoms with Crippen LogP contribution in [0, 0.1) is 0 Å². The van der Waals surface area contributed by atoms with E-state index in [1.165, 1.54) is 12.1 Å². The van der Waals surface area contributed by atoms with Gasteiger partial charge in [0.15, 0.2) is 0 Å². The second kappa shape index (κ2) is 5.13. The maximum Gasteiger partial charge on any atom is 0.335 e. The third-order valence-corrected chi connectivity index (χ3v) is 3.23. The smallest absolute Gasteiger partial charge is 0.335 e. The van der Waals surface area contributed by atoms with Crippen LogP contribution in [0.5, 0.6) is 0 Å². The number of carboxylic acids is 1. The molecule has 104 valence electrons. The SMILES string of the molecule is O=C1Nc2ccccc2C1=CNc1ccc(C(=O)O)cc1. The van der Waals surface area contributed by atoms with Crippen LogP contribution >= 0.6 is 0 Å². The van der Waals surface area contributed by atoms with Gasteiger partial charge in [-0.1, -0.05) is 18.2 Å². The molecule has 0 saturated heterocycles. The number of fused-ring (bicyclic) bond motifs is 1. The number of hydrogen-bond acceptors (Lipinski definition) is 3. The molecule has 1 aliphatic rings. The van der Waals surface area contributed by atoms with Crippen LogP contribution in [0.4, 0.5) is 11.4 Å². The summed E-state index contributed by atoms with van der Waals surface area (Å²) in [6.07, 6.45) is 1.62. The molecule has 3 rings (SSSR count). The number of hydrogen-bond donors (Lipinski definition) is 3. The van der Waals surface area contributed by atoms with Gasteiger partial charge in [0.2, 0.25) is 0 Å². The minimum Gasteiger partial charge on any atom is -0.478 e. The van der Waals surface area contributed by atoms with Crippen LogP contribution in [0.25, 0.3) is 5.57 Å². The minimum atomic E-state index is -0.969. The van der Waals surface area contributed by atoms with Crippen molar-refractivity contribution in [1.82, 2.24) is 0 Å². The first-order valence-corrected chi connectivity index (χ1v) is 6.36. The predicted octanol–water partition coefficient (Wildman–Crippen LogP) is 2.79. The normalized spacial score (nSPS) is 14.7. The topological polar surface area (TPSA) is 78.4 Å². The Hall–Kier alpha value is -3.08. The van der Waals surface area contributed by atoms with Gasteiger partial charge < -0.3 is 15.7 Å². The van der Waals surface area contributed by atoms with Crippen LogP contribution in [-0.2, 0) is 4.79 Å². The predicted molar refractivity (Wildman–Crippen MR) is 80.1 cm³/mol. The average Bonchev–Trinajstić information content (AvgIpc) is 2.81. The van der Waals surface area contributed by atoms with E-state index < -0.39 is 5.97 Å². The first-order valence-electron chi connectivity index (χ1n) is 6.36. The molecule has 0 atom stereocenters. The second-order valence-electron chi connectivity index (χ2n) is 4.58. The Kier molecular flexibility index (Phi) is 3.16. The summed E-state index contributed by atoms with van der Waals surface area (Å²) in [7, 11) is 0. The zero-order valence-corrected chi connectivity index (χ0v) is 11.0. The van der Waals surface area contributed by atoms with Crippen molar-refractivity contribution in [2.45, 2.75) is 0 Å². The number of carboxylic acid groups (broad SMARTS) is 1. The van der Waals surface area contributed by atoms with Crippen LogP contribution in [0.1, 0.15) is 15.9 Å². The van der Waals surface area contributed by atoms with E-state index in [-0.39, 0.29) is 11.5 Å². The number of carbonyl (C=O) groups excluding carboxylic acids is 1. The van der Waals surface area contributed by atoms with Gasteiger partial charge in [0.05, 0.1) is 11.1 Å². The summed E-state index contributed by atoms with van der Waals surface area (Å²) in [5, 5.41) is 14.6. The lowest BCUT2D eigenvalue weighted by Gasteiger charge is -2.03. The molecule has 1 amide bonds. The van der Waals surface area contributed by atoms with Crippen molar-refractivity contribution in [2.24, 2.45) is 0 Å². The Morgan fingerprint density at radius 3 is 2.52 bits per heavy atom. The maximum atomic E-state index is 11.9. The molecule has 0 aromatic heterocycles. The van der Waals surface area contributed by atoms with Crippen LogP contribution < -0.4 is 10.6 Å². The van der Waals surface area contributed by atoms with Gasteiger partial charge in [-0.2, -0.15) is 0 Å². The van der Waals surface area contributed by atoms with Crippen molar-refractivity contribution in [3.8, 4) is 0 Å². The van der Waals surface area contributed by atoms with E-state index >= 15 is 0 Å². The van der Waals surface area contributed by atoms with Crippen LogP contribution in [0.2, 0.25) is 0 Å². The van der Waals surface area contributed by atoms with Crippen molar-refractivity contribution < 1.29 is 14.7 Å². The number of amides is 1. The minimum absolute atomic E-state index is 0.161. The molecule has 0 spiro atoms. The van der Waals surface area contributed by atoms with E-state index in [2.05, 4.69) is 10.6 Å². The molecular formula is C16H12N2O3. The lowest BCUT2D eigenvalue weighted by molar-refractivity contribution is -0.110. The summed E-state index contributed by atoms with van der Waals surface area (Å²) in [4.78, 5) is 22.7. The Balaban J connectivity index is 1.83. The fourth-order valence-corrected chi connectivity index (χ4v) is 2.15. The Bertz CT molecular complexity index is 748. The van der Waals surface area contributed by atoms with Crippen LogP contribution in [0.3, 0.4) is 0 Å². The molecule has 0 radical (unpaired) electrons. The summed E-state index contributed by atoms with van der Waals surface area (Å²) in [6, 6.07) is 13.8. The zero-order valence-electron chi connectivity index (χ0n) is 11.0. The number of aromatic carboxylic acids is 1. The highest BCUT2D eigenvalue weighted by Crippen LogP contribution is 2.31. The quantitative estimate of drug-likeness (QED) is 0.755. The van der Waals surface area contributed by atoms with E-state index in [9.17, 15) is 9.59 Å². The summed E-state index contributed by atoms with van der Waals surface area (Å²) in [5.41, 5.74) is 3.11. The van der Waals surface area contributed by atoms with Crippen molar-refractivity contribution >= 4 is 28.8 Å². The third-order valence-electron chi connectivity index (χ3n) is 3.23. The van der Waals surface area contributed by atoms with Gasteiger partial charge in [-0.3, -0.25) is 4.79 Å². The highest BCUT2D eigenvalue weighted by Gasteiger charge is 2.23. The first-order chi connectivity index (χ1) is 10.1. The highest BCUT2D eigenvalue weighted by atomic mass is 16.4. The molecule has 0 bridgehead atoms. The average molecular weight is 280 g/mol. The van der Waals surface area contributed by atoms with E-state index in [4.69, 9.17) is 5.11 Å². The molecule has 3 N–H and O–H groups in total. The fraction of sp³-hybridized carbons (Fsp3) is 0. The first kappa shape index (κ1) is 12.9. The van der Waals surface area contributed by atoms with Crippen molar-refractivity contribution in [2.75, 3.05) is 10.6 Å². The van der Waals surface area contributed by atoms with Gasteiger partial charge in [0.1, 0.15) is 0 Å². The number of rotatable bonds is 3. The van der Waals surface area contributed by atoms with Gasteiger partial charge in [0.25, 0.3) is 5.91 Å². The molecule has 2 aromatic rings. The second-order valence-corrected chi connectivity index (χ2v) is 4.58. The standard InChI is InChI=1S/C16H12N2O3/c19-15-13(12-3-1-2-4-14(12)18-15)9-17-11-7-5-10(6-8-11)16(20)21/h1-9,17H,(H,18,19)(H,20,21). The van der Waals surface area contributed by atoms with Gasteiger partial charge in [0, 0.05) is 23.1 Å². The molecule has 21 heavy (non-hydrogen) atoms. The lowest BCUT2D eigenvalue weighted by Crippen LogP contribution is -2.05. The summed E-state index contributed by atoms with van der Waals surface area (Å²) < 4.78 is 0. The van der Waals surface area contributed by atoms with E-state index in [0.717, 1.165) is 11.3 Å². The molecule has 0 saturated carbocycles. The van der Waals surface area contributed by atoms with Gasteiger partial charge >= 0.3 is 5.97 Å². The summed E-state index contributed by atoms with van der Waals surface area (Å²) >= 11 is 0. The van der Waals surface area contributed by atoms with Gasteiger partial charge in [-0.25, -0.2) is 4.79 Å². The lowest BCUT2D eigenvalue weighted by atomic mass is 10.1. The number of nitrogens with one attached hydrogen (secondary N) is 2. The Morgan fingerprint density at radius 1 is 1.10 bits per heavy atom. The molecule has 0 aliphatic carbocycles. The van der Waals surface area contributed by atoms with Crippen molar-refractivity contribution in [3.63, 3.8) is 0 Å².